The van der Waals surface area contributed by atoms with E-state index >= 15 is 0 Å². The molecule has 0 fully saturated rings. The van der Waals surface area contributed by atoms with Gasteiger partial charge in [0, 0.05) is 0 Å². The smallest absolute Gasteiger partial charge is 0.286 e. The average molecular weight is 325 g/mol. The van der Waals surface area contributed by atoms with E-state index in [1.165, 1.54) is 0 Å². The normalized spacial score (nSPS) is 16.6. The molecule has 0 bridgehead atoms. The molecule has 0 amide bonds. The fourth-order valence-corrected chi connectivity index (χ4v) is 4.34. The largest absolute Gasteiger partial charge is 0.487 e. The molecular weight excluding hydrogens is 302 g/mol. The number of nitrogens with zero attached hydrogens (tertiary/aromatic N) is 1. The summed E-state index contributed by atoms with van der Waals surface area (Å²) in [7, 11) is -3.92. The lowest BCUT2D eigenvalue weighted by Crippen LogP contribution is -2.34. The first-order valence-electron chi connectivity index (χ1n) is 7.14. The topological polar surface area (TPSA) is 108 Å². The number of guanidine groups is 1. The van der Waals surface area contributed by atoms with Crippen molar-refractivity contribution in [2.45, 2.75) is 58.0 Å². The molecule has 0 aromatic heterocycles. The Balaban J connectivity index is 2.77. The number of hydrogen-bond acceptors (Lipinski definition) is 3. The molecule has 0 saturated heterocycles. The van der Waals surface area contributed by atoms with Crippen molar-refractivity contribution in [1.29, 1.82) is 0 Å². The first-order chi connectivity index (χ1) is 9.96. The standard InChI is InChI=1S/C15H23N3O3S/c1-8-9(2)13(22(19,20)18-14(16)17)10(3)11-6-7-15(4,5)21-12(8)11/h6-7H2,1-5H3,(H4,16,17,18). The monoisotopic (exact) mass is 325 g/mol. The van der Waals surface area contributed by atoms with Gasteiger partial charge in [-0.15, -0.1) is 4.40 Å². The molecule has 0 saturated carbocycles. The van der Waals surface area contributed by atoms with Gasteiger partial charge in [0.25, 0.3) is 10.0 Å². The van der Waals surface area contributed by atoms with Gasteiger partial charge in [-0.25, -0.2) is 0 Å². The molecule has 1 heterocycles. The molecule has 0 unspecified atom stereocenters. The summed E-state index contributed by atoms with van der Waals surface area (Å²) in [6.07, 6.45) is 1.59. The van der Waals surface area contributed by atoms with E-state index in [0.29, 0.717) is 11.1 Å². The van der Waals surface area contributed by atoms with Gasteiger partial charge < -0.3 is 16.2 Å². The molecule has 0 aliphatic carbocycles. The number of ether oxygens (including phenoxy) is 1. The van der Waals surface area contributed by atoms with Crippen LogP contribution >= 0.6 is 0 Å². The third-order valence-electron chi connectivity index (χ3n) is 4.15. The van der Waals surface area contributed by atoms with Crippen LogP contribution in [0.25, 0.3) is 0 Å². The van der Waals surface area contributed by atoms with Gasteiger partial charge >= 0.3 is 0 Å². The number of rotatable bonds is 2. The minimum atomic E-state index is -3.92. The Hall–Kier alpha value is -1.76. The van der Waals surface area contributed by atoms with E-state index in [-0.39, 0.29) is 10.5 Å². The molecular formula is C15H23N3O3S. The second-order valence-corrected chi connectivity index (χ2v) is 7.91. The Morgan fingerprint density at radius 2 is 1.73 bits per heavy atom. The summed E-state index contributed by atoms with van der Waals surface area (Å²) in [4.78, 5) is 0.181. The maximum absolute atomic E-state index is 12.5. The molecule has 0 spiro atoms. The third kappa shape index (κ3) is 2.77. The van der Waals surface area contributed by atoms with E-state index in [4.69, 9.17) is 16.2 Å². The van der Waals surface area contributed by atoms with Crippen molar-refractivity contribution in [3.63, 3.8) is 0 Å². The van der Waals surface area contributed by atoms with Crippen LogP contribution in [0.4, 0.5) is 0 Å². The van der Waals surface area contributed by atoms with Crippen molar-refractivity contribution < 1.29 is 13.2 Å². The maximum atomic E-state index is 12.5. The van der Waals surface area contributed by atoms with E-state index in [1.54, 1.807) is 13.8 Å². The van der Waals surface area contributed by atoms with Gasteiger partial charge in [-0.3, -0.25) is 0 Å². The van der Waals surface area contributed by atoms with Gasteiger partial charge in [-0.1, -0.05) is 0 Å². The second kappa shape index (κ2) is 5.15. The molecule has 4 N–H and O–H groups in total. The first kappa shape index (κ1) is 16.6. The van der Waals surface area contributed by atoms with Gasteiger partial charge in [0.2, 0.25) is 5.96 Å². The highest BCUT2D eigenvalue weighted by molar-refractivity contribution is 7.90. The van der Waals surface area contributed by atoms with Gasteiger partial charge in [0.1, 0.15) is 11.4 Å². The number of sulfonamides is 1. The van der Waals surface area contributed by atoms with Crippen molar-refractivity contribution in [1.82, 2.24) is 0 Å². The second-order valence-electron chi connectivity index (χ2n) is 6.36. The molecule has 22 heavy (non-hydrogen) atoms. The summed E-state index contributed by atoms with van der Waals surface area (Å²) in [5.41, 5.74) is 13.3. The Kier molecular flexibility index (Phi) is 3.89. The van der Waals surface area contributed by atoms with Crippen LogP contribution < -0.4 is 16.2 Å². The molecule has 2 rings (SSSR count). The van der Waals surface area contributed by atoms with E-state index in [1.807, 2.05) is 20.8 Å². The van der Waals surface area contributed by atoms with Crippen LogP contribution in [0.3, 0.4) is 0 Å². The SMILES string of the molecule is Cc1c(C)c(S(=O)(=O)N=C(N)N)c(C)c2c1OC(C)(C)CC2. The van der Waals surface area contributed by atoms with E-state index in [9.17, 15) is 8.42 Å². The quantitative estimate of drug-likeness (QED) is 0.635. The lowest BCUT2D eigenvalue weighted by molar-refractivity contribution is 0.0832. The zero-order valence-electron chi connectivity index (χ0n) is 13.6. The lowest BCUT2D eigenvalue weighted by Gasteiger charge is -2.35. The summed E-state index contributed by atoms with van der Waals surface area (Å²) < 4.78 is 34.4. The van der Waals surface area contributed by atoms with Crippen molar-refractivity contribution in [2.75, 3.05) is 0 Å². The van der Waals surface area contributed by atoms with Gasteiger partial charge in [-0.05, 0) is 69.7 Å². The lowest BCUT2D eigenvalue weighted by atomic mass is 9.88. The van der Waals surface area contributed by atoms with Gasteiger partial charge in [0.05, 0.1) is 4.90 Å². The predicted molar refractivity (Wildman–Crippen MR) is 86.7 cm³/mol. The fraction of sp³-hybridized carbons (Fsp3) is 0.533. The summed E-state index contributed by atoms with van der Waals surface area (Å²) in [6.45, 7) is 9.46. The van der Waals surface area contributed by atoms with Crippen LogP contribution in [0.15, 0.2) is 9.29 Å². The minimum Gasteiger partial charge on any atom is -0.487 e. The Labute approximate surface area is 131 Å². The summed E-state index contributed by atoms with van der Waals surface area (Å²) in [6, 6.07) is 0. The third-order valence-corrected chi connectivity index (χ3v) is 5.73. The number of fused-ring (bicyclic) bond motifs is 1. The van der Waals surface area contributed by atoms with E-state index < -0.39 is 16.0 Å². The number of hydrogen-bond donors (Lipinski definition) is 2. The molecule has 1 aliphatic rings. The summed E-state index contributed by atoms with van der Waals surface area (Å²) >= 11 is 0. The van der Waals surface area contributed by atoms with Crippen LogP contribution in [0.1, 0.15) is 42.5 Å². The predicted octanol–water partition coefficient (Wildman–Crippen LogP) is 1.68. The molecule has 1 aromatic carbocycles. The minimum absolute atomic E-state index is 0.181. The zero-order valence-corrected chi connectivity index (χ0v) is 14.5. The molecule has 0 radical (unpaired) electrons. The Morgan fingerprint density at radius 1 is 1.14 bits per heavy atom. The Morgan fingerprint density at radius 3 is 2.27 bits per heavy atom. The molecule has 1 aromatic rings. The van der Waals surface area contributed by atoms with Gasteiger partial charge in [-0.2, -0.15) is 8.42 Å². The number of nitrogens with two attached hydrogens (primary N) is 2. The van der Waals surface area contributed by atoms with Crippen LogP contribution in [-0.4, -0.2) is 20.0 Å². The molecule has 6 nitrogen and oxygen atoms in total. The fourth-order valence-electron chi connectivity index (χ4n) is 2.92. The van der Waals surface area contributed by atoms with Crippen molar-refractivity contribution in [3.8, 4) is 5.75 Å². The number of benzene rings is 1. The van der Waals surface area contributed by atoms with Crippen molar-refractivity contribution in [3.05, 3.63) is 22.3 Å². The molecule has 0 atom stereocenters. The molecule has 7 heteroatoms. The van der Waals surface area contributed by atoms with E-state index in [0.717, 1.165) is 29.7 Å². The molecule has 1 aliphatic heterocycles. The highest BCUT2D eigenvalue weighted by atomic mass is 32.2. The first-order valence-corrected chi connectivity index (χ1v) is 8.58. The summed E-state index contributed by atoms with van der Waals surface area (Å²) in [5.74, 6) is 0.321. The average Bonchev–Trinajstić information content (AvgIpc) is 2.33. The van der Waals surface area contributed by atoms with Gasteiger partial charge in [0.15, 0.2) is 0 Å². The van der Waals surface area contributed by atoms with Crippen LogP contribution in [-0.2, 0) is 16.4 Å². The zero-order chi connectivity index (χ0) is 16.9. The van der Waals surface area contributed by atoms with Crippen LogP contribution in [0, 0.1) is 20.8 Å². The maximum Gasteiger partial charge on any atom is 0.286 e. The molecule has 122 valence electrons. The van der Waals surface area contributed by atoms with Crippen LogP contribution in [0.2, 0.25) is 0 Å². The van der Waals surface area contributed by atoms with Crippen LogP contribution in [0.5, 0.6) is 5.75 Å². The van der Waals surface area contributed by atoms with Crippen molar-refractivity contribution >= 4 is 16.0 Å². The Bertz CT molecular complexity index is 761. The van der Waals surface area contributed by atoms with Crippen molar-refractivity contribution in [2.24, 2.45) is 15.9 Å². The highest BCUT2D eigenvalue weighted by Gasteiger charge is 2.33. The van der Waals surface area contributed by atoms with E-state index in [2.05, 4.69) is 4.40 Å². The summed E-state index contributed by atoms with van der Waals surface area (Å²) in [5, 5.41) is 0. The highest BCUT2D eigenvalue weighted by Crippen LogP contribution is 2.42.